The molecule has 0 bridgehead atoms. The van der Waals surface area contributed by atoms with Gasteiger partial charge in [0, 0.05) is 0 Å². The lowest BCUT2D eigenvalue weighted by Crippen LogP contribution is -2.10. The normalized spacial score (nSPS) is 34.7. The molecule has 0 radical (unpaired) electrons. The van der Waals surface area contributed by atoms with Crippen LogP contribution in [-0.2, 0) is 0 Å². The van der Waals surface area contributed by atoms with Gasteiger partial charge in [0.1, 0.15) is 0 Å². The van der Waals surface area contributed by atoms with Gasteiger partial charge in [-0.3, -0.25) is 0 Å². The Morgan fingerprint density at radius 2 is 1.60 bits per heavy atom. The SMILES string of the molecule is C=C(C)C1[C@H](C)CC[C@H]1C. The van der Waals surface area contributed by atoms with Gasteiger partial charge in [-0.25, -0.2) is 0 Å². The molecule has 1 aliphatic carbocycles. The molecule has 0 aromatic heterocycles. The highest BCUT2D eigenvalue weighted by Crippen LogP contribution is 2.40. The molecule has 0 spiro atoms. The first-order valence-electron chi connectivity index (χ1n) is 4.28. The average Bonchev–Trinajstić information content (AvgIpc) is 2.11. The van der Waals surface area contributed by atoms with Crippen molar-refractivity contribution in [1.29, 1.82) is 0 Å². The predicted octanol–water partition coefficient (Wildman–Crippen LogP) is 3.24. The van der Waals surface area contributed by atoms with Crippen LogP contribution in [0.4, 0.5) is 0 Å². The van der Waals surface area contributed by atoms with Crippen molar-refractivity contribution in [3.63, 3.8) is 0 Å². The predicted molar refractivity (Wildman–Crippen MR) is 45.9 cm³/mol. The monoisotopic (exact) mass is 138 g/mol. The second-order valence-electron chi connectivity index (χ2n) is 3.90. The van der Waals surface area contributed by atoms with E-state index in [1.165, 1.54) is 18.4 Å². The van der Waals surface area contributed by atoms with Gasteiger partial charge in [-0.05, 0) is 37.5 Å². The van der Waals surface area contributed by atoms with Crippen LogP contribution in [0.25, 0.3) is 0 Å². The lowest BCUT2D eigenvalue weighted by molar-refractivity contribution is 0.405. The Bertz CT molecular complexity index is 125. The summed E-state index contributed by atoms with van der Waals surface area (Å²) in [6.07, 6.45) is 2.80. The molecule has 0 nitrogen and oxygen atoms in total. The molecule has 1 aliphatic rings. The summed E-state index contributed by atoms with van der Waals surface area (Å²) in [7, 11) is 0. The van der Waals surface area contributed by atoms with Crippen LogP contribution in [0.2, 0.25) is 0 Å². The first kappa shape index (κ1) is 7.84. The third-order valence-electron chi connectivity index (χ3n) is 2.87. The fourth-order valence-electron chi connectivity index (χ4n) is 2.42. The Hall–Kier alpha value is -0.260. The van der Waals surface area contributed by atoms with Crippen molar-refractivity contribution in [2.75, 3.05) is 0 Å². The lowest BCUT2D eigenvalue weighted by Gasteiger charge is -2.19. The van der Waals surface area contributed by atoms with E-state index in [0.717, 1.165) is 17.8 Å². The van der Waals surface area contributed by atoms with E-state index in [1.54, 1.807) is 0 Å². The van der Waals surface area contributed by atoms with Gasteiger partial charge in [0.25, 0.3) is 0 Å². The van der Waals surface area contributed by atoms with Gasteiger partial charge >= 0.3 is 0 Å². The molecule has 0 aromatic carbocycles. The molecule has 0 N–H and O–H groups in total. The smallest absolute Gasteiger partial charge is 0.0157 e. The third-order valence-corrected chi connectivity index (χ3v) is 2.87. The van der Waals surface area contributed by atoms with Crippen molar-refractivity contribution in [2.45, 2.75) is 33.6 Å². The van der Waals surface area contributed by atoms with Gasteiger partial charge in [0.15, 0.2) is 0 Å². The number of allylic oxidation sites excluding steroid dienone is 1. The Labute approximate surface area is 64.3 Å². The maximum Gasteiger partial charge on any atom is -0.0157 e. The van der Waals surface area contributed by atoms with E-state index in [4.69, 9.17) is 0 Å². The van der Waals surface area contributed by atoms with E-state index in [0.29, 0.717) is 0 Å². The highest BCUT2D eigenvalue weighted by Gasteiger charge is 2.30. The quantitative estimate of drug-likeness (QED) is 0.488. The average molecular weight is 138 g/mol. The third kappa shape index (κ3) is 1.25. The van der Waals surface area contributed by atoms with Gasteiger partial charge in [0.05, 0.1) is 0 Å². The highest BCUT2D eigenvalue weighted by atomic mass is 14.3. The van der Waals surface area contributed by atoms with Crippen LogP contribution >= 0.6 is 0 Å². The highest BCUT2D eigenvalue weighted by molar-refractivity contribution is 5.03. The first-order valence-corrected chi connectivity index (χ1v) is 4.28. The standard InChI is InChI=1S/C10H18/c1-7(2)10-8(3)5-6-9(10)4/h8-10H,1,5-6H2,2-4H3/t8-,9-/m1/s1. The summed E-state index contributed by atoms with van der Waals surface area (Å²) in [5, 5.41) is 0. The Balaban J connectivity index is 2.63. The van der Waals surface area contributed by atoms with Crippen LogP contribution in [0.3, 0.4) is 0 Å². The number of hydrogen-bond donors (Lipinski definition) is 0. The van der Waals surface area contributed by atoms with Crippen molar-refractivity contribution in [3.8, 4) is 0 Å². The molecule has 10 heavy (non-hydrogen) atoms. The molecule has 0 aliphatic heterocycles. The Kier molecular flexibility index (Phi) is 2.18. The Morgan fingerprint density at radius 3 is 1.80 bits per heavy atom. The molecular formula is C10H18. The lowest BCUT2D eigenvalue weighted by atomic mass is 9.86. The zero-order valence-corrected chi connectivity index (χ0v) is 7.35. The molecule has 1 fully saturated rings. The molecule has 0 heteroatoms. The van der Waals surface area contributed by atoms with Gasteiger partial charge in [0.2, 0.25) is 0 Å². The van der Waals surface area contributed by atoms with E-state index in [1.807, 2.05) is 0 Å². The van der Waals surface area contributed by atoms with Crippen LogP contribution in [0.5, 0.6) is 0 Å². The fourth-order valence-corrected chi connectivity index (χ4v) is 2.42. The summed E-state index contributed by atoms with van der Waals surface area (Å²) < 4.78 is 0. The van der Waals surface area contributed by atoms with Crippen LogP contribution in [0.1, 0.15) is 33.6 Å². The summed E-state index contributed by atoms with van der Waals surface area (Å²) in [4.78, 5) is 0. The second-order valence-corrected chi connectivity index (χ2v) is 3.90. The van der Waals surface area contributed by atoms with Crippen molar-refractivity contribution in [2.24, 2.45) is 17.8 Å². The van der Waals surface area contributed by atoms with Gasteiger partial charge < -0.3 is 0 Å². The maximum atomic E-state index is 4.04. The van der Waals surface area contributed by atoms with Crippen molar-refractivity contribution >= 4 is 0 Å². The molecule has 2 atom stereocenters. The summed E-state index contributed by atoms with van der Waals surface area (Å²) in [5.74, 6) is 2.57. The summed E-state index contributed by atoms with van der Waals surface area (Å²) >= 11 is 0. The number of rotatable bonds is 1. The van der Waals surface area contributed by atoms with E-state index < -0.39 is 0 Å². The molecule has 0 heterocycles. The molecular weight excluding hydrogens is 120 g/mol. The van der Waals surface area contributed by atoms with Gasteiger partial charge in [-0.15, -0.1) is 0 Å². The minimum Gasteiger partial charge on any atom is -0.0998 e. The number of hydrogen-bond acceptors (Lipinski definition) is 0. The zero-order chi connectivity index (χ0) is 7.72. The van der Waals surface area contributed by atoms with Gasteiger partial charge in [-0.2, -0.15) is 0 Å². The second kappa shape index (κ2) is 2.77. The molecule has 0 unspecified atom stereocenters. The minimum atomic E-state index is 0.806. The largest absolute Gasteiger partial charge is 0.0998 e. The first-order chi connectivity index (χ1) is 4.63. The summed E-state index contributed by atoms with van der Waals surface area (Å²) in [6.45, 7) is 10.9. The molecule has 0 saturated heterocycles. The molecule has 1 saturated carbocycles. The summed E-state index contributed by atoms with van der Waals surface area (Å²) in [5.41, 5.74) is 1.39. The topological polar surface area (TPSA) is 0 Å². The molecule has 58 valence electrons. The Morgan fingerprint density at radius 1 is 1.20 bits per heavy atom. The molecule has 1 rings (SSSR count). The van der Waals surface area contributed by atoms with E-state index in [2.05, 4.69) is 27.4 Å². The zero-order valence-electron chi connectivity index (χ0n) is 7.35. The fraction of sp³-hybridized carbons (Fsp3) is 0.800. The van der Waals surface area contributed by atoms with Crippen LogP contribution in [0, 0.1) is 17.8 Å². The van der Waals surface area contributed by atoms with Crippen molar-refractivity contribution in [1.82, 2.24) is 0 Å². The molecule has 0 aromatic rings. The van der Waals surface area contributed by atoms with E-state index in [9.17, 15) is 0 Å². The van der Waals surface area contributed by atoms with Crippen molar-refractivity contribution < 1.29 is 0 Å². The van der Waals surface area contributed by atoms with Crippen molar-refractivity contribution in [3.05, 3.63) is 12.2 Å². The minimum absolute atomic E-state index is 0.806. The van der Waals surface area contributed by atoms with Gasteiger partial charge in [-0.1, -0.05) is 26.0 Å². The maximum absolute atomic E-state index is 4.04. The van der Waals surface area contributed by atoms with Crippen LogP contribution in [0.15, 0.2) is 12.2 Å². The molecule has 0 amide bonds. The van der Waals surface area contributed by atoms with Crippen LogP contribution < -0.4 is 0 Å². The van der Waals surface area contributed by atoms with E-state index >= 15 is 0 Å². The van der Waals surface area contributed by atoms with Crippen LogP contribution in [-0.4, -0.2) is 0 Å². The summed E-state index contributed by atoms with van der Waals surface area (Å²) in [6, 6.07) is 0. The van der Waals surface area contributed by atoms with E-state index in [-0.39, 0.29) is 0 Å².